The third-order valence-corrected chi connectivity index (χ3v) is 2.42. The summed E-state index contributed by atoms with van der Waals surface area (Å²) in [5.74, 6) is 8.06. The zero-order valence-corrected chi connectivity index (χ0v) is 10.6. The fraction of sp³-hybridized carbons (Fsp3) is 0.312. The van der Waals surface area contributed by atoms with Crippen molar-refractivity contribution in [3.8, 4) is 24.2 Å². The topological polar surface area (TPSA) is 20.3 Å². The minimum Gasteiger partial charge on any atom is -0.285 e. The summed E-state index contributed by atoms with van der Waals surface area (Å²) in [6.07, 6.45) is 5.79. The van der Waals surface area contributed by atoms with Gasteiger partial charge in [0.25, 0.3) is 0 Å². The minimum absolute atomic E-state index is 0.0321. The maximum absolute atomic E-state index is 11.1. The highest BCUT2D eigenvalue weighted by atomic mass is 16.1. The first-order valence-electron chi connectivity index (χ1n) is 5.97. The van der Waals surface area contributed by atoms with Crippen molar-refractivity contribution in [2.24, 2.45) is 0 Å². The molecule has 1 aromatic carbocycles. The fourth-order valence-electron chi connectivity index (χ4n) is 1.48. The Kier molecular flexibility index (Phi) is 6.33. The van der Waals surface area contributed by atoms with E-state index in [1.165, 1.54) is 5.56 Å². The maximum Gasteiger partial charge on any atom is 0.205 e. The number of rotatable bonds is 5. The van der Waals surface area contributed by atoms with Gasteiger partial charge in [-0.15, -0.1) is 6.42 Å². The maximum atomic E-state index is 11.1. The first-order valence-corrected chi connectivity index (χ1v) is 5.97. The van der Waals surface area contributed by atoms with Crippen LogP contribution in [0, 0.1) is 24.2 Å². The molecule has 0 N–H and O–H groups in total. The van der Waals surface area contributed by atoms with E-state index >= 15 is 0 Å². The molecule has 0 heterocycles. The van der Waals surface area contributed by atoms with Crippen LogP contribution in [0.1, 0.15) is 18.9 Å². The number of terminal acetylenes is 1. The van der Waals surface area contributed by atoms with E-state index < -0.39 is 0 Å². The molecule has 2 heteroatoms. The van der Waals surface area contributed by atoms with Gasteiger partial charge in [-0.25, -0.2) is 0 Å². The molecule has 0 aliphatic heterocycles. The number of hydrogen-bond acceptors (Lipinski definition) is 2. The molecule has 1 rings (SSSR count). The first-order chi connectivity index (χ1) is 8.76. The van der Waals surface area contributed by atoms with E-state index in [0.29, 0.717) is 19.5 Å². The number of hydrogen-bond donors (Lipinski definition) is 0. The molecule has 0 aliphatic carbocycles. The Bertz CT molecular complexity index is 473. The molecule has 0 fully saturated rings. The third kappa shape index (κ3) is 5.34. The van der Waals surface area contributed by atoms with Crippen LogP contribution in [0.3, 0.4) is 0 Å². The summed E-state index contributed by atoms with van der Waals surface area (Å²) < 4.78 is 0. The number of ketones is 1. The standard InChI is InChI=1S/C16H17NO/c1-3-12-17(13-8-11-16(18)4-2)14-15-9-6-5-7-10-15/h1,5-7,9-10H,4,12-14H2,2H3. The lowest BCUT2D eigenvalue weighted by Gasteiger charge is -2.16. The summed E-state index contributed by atoms with van der Waals surface area (Å²) in [4.78, 5) is 13.1. The molecule has 18 heavy (non-hydrogen) atoms. The highest BCUT2D eigenvalue weighted by molar-refractivity contribution is 5.95. The highest BCUT2D eigenvalue weighted by Crippen LogP contribution is 2.03. The second kappa shape index (κ2) is 8.12. The molecule has 0 aromatic heterocycles. The summed E-state index contributed by atoms with van der Waals surface area (Å²) in [5.41, 5.74) is 1.19. The van der Waals surface area contributed by atoms with Crippen molar-refractivity contribution in [1.82, 2.24) is 4.90 Å². The van der Waals surface area contributed by atoms with E-state index in [9.17, 15) is 4.79 Å². The van der Waals surface area contributed by atoms with Crippen LogP contribution < -0.4 is 0 Å². The molecule has 0 aliphatic rings. The predicted molar refractivity (Wildman–Crippen MR) is 73.6 cm³/mol. The van der Waals surface area contributed by atoms with Crippen molar-refractivity contribution in [2.75, 3.05) is 13.1 Å². The Labute approximate surface area is 109 Å². The molecular weight excluding hydrogens is 222 g/mol. The molecule has 92 valence electrons. The Balaban J connectivity index is 2.57. The van der Waals surface area contributed by atoms with Crippen molar-refractivity contribution < 1.29 is 4.79 Å². The van der Waals surface area contributed by atoms with Gasteiger partial charge in [0.05, 0.1) is 13.1 Å². The average Bonchev–Trinajstić information content (AvgIpc) is 2.40. The van der Waals surface area contributed by atoms with Crippen LogP contribution in [-0.2, 0) is 11.3 Å². The predicted octanol–water partition coefficient (Wildman–Crippen LogP) is 2.10. The third-order valence-electron chi connectivity index (χ3n) is 2.42. The van der Waals surface area contributed by atoms with Gasteiger partial charge in [0.1, 0.15) is 0 Å². The van der Waals surface area contributed by atoms with Crippen LogP contribution in [0.5, 0.6) is 0 Å². The molecule has 0 unspecified atom stereocenters. The molecule has 1 aromatic rings. The van der Waals surface area contributed by atoms with Crippen molar-refractivity contribution in [3.05, 3.63) is 35.9 Å². The molecule has 0 bridgehead atoms. The summed E-state index contributed by atoms with van der Waals surface area (Å²) >= 11 is 0. The lowest BCUT2D eigenvalue weighted by atomic mass is 10.2. The van der Waals surface area contributed by atoms with E-state index in [1.54, 1.807) is 6.92 Å². The van der Waals surface area contributed by atoms with Gasteiger partial charge in [-0.2, -0.15) is 0 Å². The number of carbonyl (C=O) groups excluding carboxylic acids is 1. The lowest BCUT2D eigenvalue weighted by Crippen LogP contribution is -2.24. The Morgan fingerprint density at radius 1 is 1.28 bits per heavy atom. The van der Waals surface area contributed by atoms with Crippen LogP contribution in [0.4, 0.5) is 0 Å². The van der Waals surface area contributed by atoms with Crippen LogP contribution in [0.15, 0.2) is 30.3 Å². The molecule has 0 atom stereocenters. The first kappa shape index (κ1) is 14.0. The Morgan fingerprint density at radius 2 is 2.00 bits per heavy atom. The lowest BCUT2D eigenvalue weighted by molar-refractivity contribution is -0.113. The Morgan fingerprint density at radius 3 is 2.61 bits per heavy atom. The van der Waals surface area contributed by atoms with E-state index in [4.69, 9.17) is 6.42 Å². The zero-order chi connectivity index (χ0) is 13.2. The largest absolute Gasteiger partial charge is 0.285 e. The van der Waals surface area contributed by atoms with Gasteiger partial charge >= 0.3 is 0 Å². The van der Waals surface area contributed by atoms with Gasteiger partial charge in [0.2, 0.25) is 5.78 Å². The van der Waals surface area contributed by atoms with Gasteiger partial charge in [0.15, 0.2) is 0 Å². The second-order valence-electron chi connectivity index (χ2n) is 3.91. The van der Waals surface area contributed by atoms with Crippen LogP contribution in [-0.4, -0.2) is 23.8 Å². The molecule has 0 amide bonds. The smallest absolute Gasteiger partial charge is 0.205 e. The molecule has 0 saturated heterocycles. The van der Waals surface area contributed by atoms with Crippen LogP contribution in [0.2, 0.25) is 0 Å². The van der Waals surface area contributed by atoms with E-state index in [0.717, 1.165) is 6.54 Å². The van der Waals surface area contributed by atoms with E-state index in [2.05, 4.69) is 17.8 Å². The summed E-state index contributed by atoms with van der Waals surface area (Å²) in [5, 5.41) is 0. The molecule has 2 nitrogen and oxygen atoms in total. The van der Waals surface area contributed by atoms with E-state index in [1.807, 2.05) is 35.2 Å². The number of carbonyl (C=O) groups is 1. The number of benzene rings is 1. The summed E-state index contributed by atoms with van der Waals surface area (Å²) in [6, 6.07) is 10.1. The van der Waals surface area contributed by atoms with Crippen molar-refractivity contribution in [3.63, 3.8) is 0 Å². The normalized spacial score (nSPS) is 9.39. The molecule has 0 spiro atoms. The van der Waals surface area contributed by atoms with Crippen molar-refractivity contribution in [1.29, 1.82) is 0 Å². The van der Waals surface area contributed by atoms with Gasteiger partial charge in [-0.1, -0.05) is 49.1 Å². The molecule has 0 saturated carbocycles. The minimum atomic E-state index is -0.0321. The summed E-state index contributed by atoms with van der Waals surface area (Å²) in [7, 11) is 0. The van der Waals surface area contributed by atoms with Crippen molar-refractivity contribution in [2.45, 2.75) is 19.9 Å². The monoisotopic (exact) mass is 239 g/mol. The second-order valence-corrected chi connectivity index (χ2v) is 3.91. The van der Waals surface area contributed by atoms with Gasteiger partial charge in [-0.05, 0) is 11.5 Å². The summed E-state index contributed by atoms with van der Waals surface area (Å²) in [6.45, 7) is 3.61. The van der Waals surface area contributed by atoms with E-state index in [-0.39, 0.29) is 5.78 Å². The number of Topliss-reactive ketones (excluding diaryl/α,β-unsaturated/α-hetero) is 1. The molecular formula is C16H17NO. The molecule has 0 radical (unpaired) electrons. The quantitative estimate of drug-likeness (QED) is 0.579. The zero-order valence-electron chi connectivity index (χ0n) is 10.6. The Hall–Kier alpha value is -2.03. The SMILES string of the molecule is C#CCN(CC#CC(=O)CC)Cc1ccccc1. The van der Waals surface area contributed by atoms with Gasteiger partial charge in [-0.3, -0.25) is 9.69 Å². The average molecular weight is 239 g/mol. The number of nitrogens with zero attached hydrogens (tertiary/aromatic N) is 1. The van der Waals surface area contributed by atoms with Crippen molar-refractivity contribution >= 4 is 5.78 Å². The fourth-order valence-corrected chi connectivity index (χ4v) is 1.48. The van der Waals surface area contributed by atoms with Gasteiger partial charge < -0.3 is 0 Å². The van der Waals surface area contributed by atoms with Crippen LogP contribution >= 0.6 is 0 Å². The van der Waals surface area contributed by atoms with Crippen LogP contribution in [0.25, 0.3) is 0 Å². The highest BCUT2D eigenvalue weighted by Gasteiger charge is 2.02. The van der Waals surface area contributed by atoms with Gasteiger partial charge in [0, 0.05) is 13.0 Å².